The number of hydrogen-bond acceptors (Lipinski definition) is 4. The summed E-state index contributed by atoms with van der Waals surface area (Å²) in [5.41, 5.74) is 7.45. The number of rotatable bonds is 3. The van der Waals surface area contributed by atoms with E-state index in [1.165, 1.54) is 6.33 Å². The summed E-state index contributed by atoms with van der Waals surface area (Å²) in [6.07, 6.45) is 3.08. The van der Waals surface area contributed by atoms with E-state index >= 15 is 0 Å². The lowest BCUT2D eigenvalue weighted by Gasteiger charge is -2.06. The van der Waals surface area contributed by atoms with Gasteiger partial charge in [0, 0.05) is 23.5 Å². The van der Waals surface area contributed by atoms with Crippen molar-refractivity contribution in [2.45, 2.75) is 6.61 Å². The van der Waals surface area contributed by atoms with Crippen LogP contribution < -0.4 is 10.5 Å². The minimum absolute atomic E-state index is 0.420. The number of ether oxygens (including phenoxy) is 1. The molecule has 1 aromatic carbocycles. The predicted molar refractivity (Wildman–Crippen MR) is 57.2 cm³/mol. The summed E-state index contributed by atoms with van der Waals surface area (Å²) in [7, 11) is 0. The van der Waals surface area contributed by atoms with Crippen molar-refractivity contribution in [3.63, 3.8) is 0 Å². The van der Waals surface area contributed by atoms with Crippen molar-refractivity contribution in [2.24, 2.45) is 0 Å². The summed E-state index contributed by atoms with van der Waals surface area (Å²) in [5, 5.41) is 0. The molecule has 0 fully saturated rings. The van der Waals surface area contributed by atoms with Gasteiger partial charge >= 0.3 is 0 Å². The minimum atomic E-state index is 0.420. The smallest absolute Gasteiger partial charge is 0.216 e. The lowest BCUT2D eigenvalue weighted by molar-refractivity contribution is 0.294. The third kappa shape index (κ3) is 2.43. The minimum Gasteiger partial charge on any atom is -0.473 e. The summed E-state index contributed by atoms with van der Waals surface area (Å²) in [4.78, 5) is 7.75. The van der Waals surface area contributed by atoms with Crippen molar-refractivity contribution in [1.29, 1.82) is 0 Å². The molecular formula is C11H11N3O. The van der Waals surface area contributed by atoms with Gasteiger partial charge in [-0.3, -0.25) is 0 Å². The van der Waals surface area contributed by atoms with E-state index in [1.54, 1.807) is 12.3 Å². The lowest BCUT2D eigenvalue weighted by atomic mass is 10.2. The van der Waals surface area contributed by atoms with Gasteiger partial charge in [-0.25, -0.2) is 9.97 Å². The number of benzene rings is 1. The van der Waals surface area contributed by atoms with Gasteiger partial charge in [0.25, 0.3) is 0 Å². The second-order valence-electron chi connectivity index (χ2n) is 3.04. The highest BCUT2D eigenvalue weighted by molar-refractivity contribution is 5.45. The van der Waals surface area contributed by atoms with Gasteiger partial charge in [0.1, 0.15) is 12.9 Å². The summed E-state index contributed by atoms with van der Waals surface area (Å²) in [5.74, 6) is 0.549. The zero-order chi connectivity index (χ0) is 10.5. The van der Waals surface area contributed by atoms with Gasteiger partial charge in [-0.1, -0.05) is 18.2 Å². The average Bonchev–Trinajstić information content (AvgIpc) is 2.29. The molecule has 1 heterocycles. The van der Waals surface area contributed by atoms with E-state index in [1.807, 2.05) is 24.3 Å². The molecule has 0 bridgehead atoms. The van der Waals surface area contributed by atoms with Crippen LogP contribution in [0.1, 0.15) is 5.56 Å². The van der Waals surface area contributed by atoms with Crippen LogP contribution in [0.3, 0.4) is 0 Å². The highest BCUT2D eigenvalue weighted by Crippen LogP contribution is 2.13. The molecule has 0 aliphatic heterocycles. The van der Waals surface area contributed by atoms with E-state index in [0.29, 0.717) is 12.5 Å². The highest BCUT2D eigenvalue weighted by atomic mass is 16.5. The molecule has 0 radical (unpaired) electrons. The molecule has 2 aromatic rings. The standard InChI is InChI=1S/C11H11N3O/c12-10-4-2-1-3-9(10)7-15-11-5-6-13-8-14-11/h1-6,8H,7,12H2. The van der Waals surface area contributed by atoms with Gasteiger partial charge in [0.2, 0.25) is 5.88 Å². The fourth-order valence-electron chi connectivity index (χ4n) is 1.18. The maximum Gasteiger partial charge on any atom is 0.216 e. The second-order valence-corrected chi connectivity index (χ2v) is 3.04. The normalized spacial score (nSPS) is 9.87. The van der Waals surface area contributed by atoms with Gasteiger partial charge in [0.15, 0.2) is 0 Å². The van der Waals surface area contributed by atoms with Crippen LogP contribution in [0.2, 0.25) is 0 Å². The first-order chi connectivity index (χ1) is 7.36. The molecule has 76 valence electrons. The largest absolute Gasteiger partial charge is 0.473 e. The Balaban J connectivity index is 2.03. The Morgan fingerprint density at radius 3 is 2.80 bits per heavy atom. The molecule has 0 aliphatic carbocycles. The van der Waals surface area contributed by atoms with Gasteiger partial charge in [0.05, 0.1) is 0 Å². The molecule has 1 aromatic heterocycles. The number of hydrogen-bond donors (Lipinski definition) is 1. The van der Waals surface area contributed by atoms with Crippen molar-refractivity contribution in [3.05, 3.63) is 48.4 Å². The predicted octanol–water partition coefficient (Wildman–Crippen LogP) is 1.64. The Morgan fingerprint density at radius 1 is 1.20 bits per heavy atom. The van der Waals surface area contributed by atoms with Crippen LogP contribution in [-0.2, 0) is 6.61 Å². The quantitative estimate of drug-likeness (QED) is 0.767. The third-order valence-corrected chi connectivity index (χ3v) is 1.99. The number of anilines is 1. The van der Waals surface area contributed by atoms with Gasteiger partial charge in [-0.15, -0.1) is 0 Å². The molecule has 0 unspecified atom stereocenters. The van der Waals surface area contributed by atoms with Crippen LogP contribution in [0.25, 0.3) is 0 Å². The Morgan fingerprint density at radius 2 is 2.07 bits per heavy atom. The van der Waals surface area contributed by atoms with Crippen LogP contribution in [-0.4, -0.2) is 9.97 Å². The zero-order valence-corrected chi connectivity index (χ0v) is 8.13. The monoisotopic (exact) mass is 201 g/mol. The number of aromatic nitrogens is 2. The fraction of sp³-hybridized carbons (Fsp3) is 0.0909. The first-order valence-electron chi connectivity index (χ1n) is 4.58. The summed E-state index contributed by atoms with van der Waals surface area (Å²) in [6.45, 7) is 0.420. The summed E-state index contributed by atoms with van der Waals surface area (Å²) >= 11 is 0. The van der Waals surface area contributed by atoms with E-state index in [2.05, 4.69) is 9.97 Å². The van der Waals surface area contributed by atoms with Gasteiger partial charge < -0.3 is 10.5 Å². The van der Waals surface area contributed by atoms with Crippen molar-refractivity contribution in [2.75, 3.05) is 5.73 Å². The molecule has 4 heteroatoms. The molecule has 2 rings (SSSR count). The van der Waals surface area contributed by atoms with Crippen molar-refractivity contribution in [1.82, 2.24) is 9.97 Å². The molecular weight excluding hydrogens is 190 g/mol. The topological polar surface area (TPSA) is 61.0 Å². The molecule has 4 nitrogen and oxygen atoms in total. The first-order valence-corrected chi connectivity index (χ1v) is 4.58. The zero-order valence-electron chi connectivity index (χ0n) is 8.13. The van der Waals surface area contributed by atoms with Crippen molar-refractivity contribution in [3.8, 4) is 5.88 Å². The molecule has 0 atom stereocenters. The molecule has 2 N–H and O–H groups in total. The maximum atomic E-state index is 5.77. The van der Waals surface area contributed by atoms with E-state index in [0.717, 1.165) is 11.3 Å². The Hall–Kier alpha value is -2.10. The van der Waals surface area contributed by atoms with Crippen molar-refractivity contribution >= 4 is 5.69 Å². The number of para-hydroxylation sites is 1. The SMILES string of the molecule is Nc1ccccc1COc1ccncn1. The first kappa shape index (κ1) is 9.45. The maximum absolute atomic E-state index is 5.77. The van der Waals surface area contributed by atoms with Crippen molar-refractivity contribution < 1.29 is 4.74 Å². The molecule has 0 saturated heterocycles. The second kappa shape index (κ2) is 4.41. The van der Waals surface area contributed by atoms with Crippen LogP contribution in [0.4, 0.5) is 5.69 Å². The van der Waals surface area contributed by atoms with Crippen LogP contribution in [0.15, 0.2) is 42.9 Å². The third-order valence-electron chi connectivity index (χ3n) is 1.99. The Kier molecular flexibility index (Phi) is 2.78. The molecule has 0 amide bonds. The molecule has 0 saturated carbocycles. The van der Waals surface area contributed by atoms with E-state index < -0.39 is 0 Å². The number of nitrogens with zero attached hydrogens (tertiary/aromatic N) is 2. The molecule has 15 heavy (non-hydrogen) atoms. The van der Waals surface area contributed by atoms with Gasteiger partial charge in [-0.05, 0) is 6.07 Å². The van der Waals surface area contributed by atoms with Crippen LogP contribution >= 0.6 is 0 Å². The highest BCUT2D eigenvalue weighted by Gasteiger charge is 1.99. The summed E-state index contributed by atoms with van der Waals surface area (Å²) in [6, 6.07) is 9.30. The molecule has 0 aliphatic rings. The number of nitrogens with two attached hydrogens (primary N) is 1. The molecule has 0 spiro atoms. The fourth-order valence-corrected chi connectivity index (χ4v) is 1.18. The van der Waals surface area contributed by atoms with Crippen LogP contribution in [0, 0.1) is 0 Å². The van der Waals surface area contributed by atoms with Gasteiger partial charge in [-0.2, -0.15) is 0 Å². The van der Waals surface area contributed by atoms with E-state index in [-0.39, 0.29) is 0 Å². The Labute approximate surface area is 87.7 Å². The Bertz CT molecular complexity index is 431. The average molecular weight is 201 g/mol. The van der Waals surface area contributed by atoms with Crippen LogP contribution in [0.5, 0.6) is 5.88 Å². The lowest BCUT2D eigenvalue weighted by Crippen LogP contribution is -2.00. The van der Waals surface area contributed by atoms with E-state index in [4.69, 9.17) is 10.5 Å². The van der Waals surface area contributed by atoms with E-state index in [9.17, 15) is 0 Å². The summed E-state index contributed by atoms with van der Waals surface area (Å²) < 4.78 is 5.44. The number of nitrogen functional groups attached to an aromatic ring is 1.